The number of nitrogens with zero attached hydrogens (tertiary/aromatic N) is 3. The number of hydrogen-bond donors (Lipinski definition) is 1. The van der Waals surface area contributed by atoms with E-state index in [1.54, 1.807) is 0 Å². The van der Waals surface area contributed by atoms with E-state index in [0.717, 1.165) is 30.5 Å². The van der Waals surface area contributed by atoms with Gasteiger partial charge in [-0.2, -0.15) is 0 Å². The molecule has 9 heteroatoms. The third-order valence-electron chi connectivity index (χ3n) is 6.09. The van der Waals surface area contributed by atoms with Crippen LogP contribution in [0.3, 0.4) is 0 Å². The molecule has 3 heterocycles. The highest BCUT2D eigenvalue weighted by Gasteiger charge is 2.42. The highest BCUT2D eigenvalue weighted by molar-refractivity contribution is 8.15. The maximum atomic E-state index is 13.1. The fraction of sp³-hybridized carbons (Fsp3) is 0.391. The van der Waals surface area contributed by atoms with Crippen LogP contribution in [0.2, 0.25) is 0 Å². The molecule has 2 fully saturated rings. The quantitative estimate of drug-likeness (QED) is 0.739. The van der Waals surface area contributed by atoms with E-state index in [0.29, 0.717) is 18.7 Å². The average Bonchev–Trinajstić information content (AvgIpc) is 3.27. The zero-order chi connectivity index (χ0) is 22.1. The Balaban J connectivity index is 1.17. The zero-order valence-corrected chi connectivity index (χ0v) is 19.3. The van der Waals surface area contributed by atoms with Gasteiger partial charge in [0.2, 0.25) is 0 Å². The molecule has 1 N–H and O–H groups in total. The zero-order valence-electron chi connectivity index (χ0n) is 17.7. The number of anilines is 1. The maximum Gasteiger partial charge on any atom is 0.254 e. The SMILES string of the molecule is O=C(c1cccc(NC2=N[C@@H]3CS(=O)(=O)C[C@@H]3S2)c1)N1CCN(Cc2ccccc2)CC1. The molecule has 0 unspecified atom stereocenters. The molecule has 3 aliphatic heterocycles. The molecular weight excluding hydrogens is 444 g/mol. The first-order valence-corrected chi connectivity index (χ1v) is 13.5. The minimum Gasteiger partial charge on any atom is -0.336 e. The molecule has 0 spiro atoms. The van der Waals surface area contributed by atoms with Crippen LogP contribution < -0.4 is 5.32 Å². The van der Waals surface area contributed by atoms with Gasteiger partial charge in [-0.3, -0.25) is 14.7 Å². The Hall–Kier alpha value is -2.36. The standard InChI is InChI=1S/C23H26N4O3S2/c28-22(27-11-9-26(10-12-27)14-17-5-2-1-3-6-17)18-7-4-8-19(13-18)24-23-25-20-15-32(29,30)16-21(20)31-23/h1-8,13,20-21H,9-12,14-16H2,(H,24,25)/t20-,21+/m1/s1. The third kappa shape index (κ3) is 4.84. The summed E-state index contributed by atoms with van der Waals surface area (Å²) in [6, 6.07) is 17.7. The van der Waals surface area contributed by atoms with Gasteiger partial charge in [0.25, 0.3) is 5.91 Å². The van der Waals surface area contributed by atoms with Gasteiger partial charge in [0.1, 0.15) is 0 Å². The van der Waals surface area contributed by atoms with E-state index in [-0.39, 0.29) is 28.7 Å². The molecule has 7 nitrogen and oxygen atoms in total. The van der Waals surface area contributed by atoms with Crippen LogP contribution in [0.4, 0.5) is 5.69 Å². The predicted molar refractivity (Wildman–Crippen MR) is 129 cm³/mol. The van der Waals surface area contributed by atoms with E-state index in [1.165, 1.54) is 17.3 Å². The number of carbonyl (C=O) groups excluding carboxylic acids is 1. The third-order valence-corrected chi connectivity index (χ3v) is 9.23. The van der Waals surface area contributed by atoms with Gasteiger partial charge in [0.15, 0.2) is 15.0 Å². The Kier molecular flexibility index (Phi) is 5.96. The number of thioether (sulfide) groups is 1. The monoisotopic (exact) mass is 470 g/mol. The number of benzene rings is 2. The molecule has 0 radical (unpaired) electrons. The predicted octanol–water partition coefficient (Wildman–Crippen LogP) is 2.32. The van der Waals surface area contributed by atoms with Crippen molar-refractivity contribution in [2.45, 2.75) is 17.8 Å². The lowest BCUT2D eigenvalue weighted by Gasteiger charge is -2.34. The summed E-state index contributed by atoms with van der Waals surface area (Å²) in [5.74, 6) is 0.355. The van der Waals surface area contributed by atoms with Crippen molar-refractivity contribution in [1.82, 2.24) is 9.80 Å². The molecule has 0 bridgehead atoms. The number of amidine groups is 1. The van der Waals surface area contributed by atoms with Gasteiger partial charge in [-0.1, -0.05) is 48.2 Å². The molecule has 3 aliphatic rings. The smallest absolute Gasteiger partial charge is 0.254 e. The van der Waals surface area contributed by atoms with Crippen molar-refractivity contribution in [3.8, 4) is 0 Å². The van der Waals surface area contributed by atoms with Crippen LogP contribution in [0.25, 0.3) is 0 Å². The van der Waals surface area contributed by atoms with Crippen LogP contribution in [0.1, 0.15) is 15.9 Å². The summed E-state index contributed by atoms with van der Waals surface area (Å²) >= 11 is 1.48. The van der Waals surface area contributed by atoms with Gasteiger partial charge in [0, 0.05) is 49.2 Å². The summed E-state index contributed by atoms with van der Waals surface area (Å²) in [6.45, 7) is 4.05. The lowest BCUT2D eigenvalue weighted by molar-refractivity contribution is 0.0628. The lowest BCUT2D eigenvalue weighted by atomic mass is 10.1. The van der Waals surface area contributed by atoms with E-state index in [4.69, 9.17) is 0 Å². The number of sulfone groups is 1. The Labute approximate surface area is 192 Å². The van der Waals surface area contributed by atoms with E-state index >= 15 is 0 Å². The molecule has 2 aromatic carbocycles. The molecular formula is C23H26N4O3S2. The topological polar surface area (TPSA) is 82.1 Å². The Morgan fingerprint density at radius 1 is 1.03 bits per heavy atom. The van der Waals surface area contributed by atoms with Crippen LogP contribution in [-0.2, 0) is 16.4 Å². The fourth-order valence-electron chi connectivity index (χ4n) is 4.40. The molecule has 32 heavy (non-hydrogen) atoms. The van der Waals surface area contributed by atoms with Crippen LogP contribution in [-0.4, -0.2) is 78.3 Å². The maximum absolute atomic E-state index is 13.1. The number of fused-ring (bicyclic) bond motifs is 1. The van der Waals surface area contributed by atoms with E-state index in [1.807, 2.05) is 35.2 Å². The number of amides is 1. The first-order chi connectivity index (χ1) is 15.4. The summed E-state index contributed by atoms with van der Waals surface area (Å²) in [7, 11) is -2.96. The minimum atomic E-state index is -2.96. The number of aliphatic imine (C=N–C) groups is 1. The second kappa shape index (κ2) is 8.88. The van der Waals surface area contributed by atoms with Gasteiger partial charge in [0.05, 0.1) is 17.5 Å². The van der Waals surface area contributed by atoms with Crippen molar-refractivity contribution in [2.75, 3.05) is 43.0 Å². The Morgan fingerprint density at radius 2 is 1.81 bits per heavy atom. The molecule has 2 aromatic rings. The van der Waals surface area contributed by atoms with Crippen molar-refractivity contribution in [3.05, 3.63) is 65.7 Å². The fourth-order valence-corrected chi connectivity index (χ4v) is 8.08. The molecule has 168 valence electrons. The normalized spacial score (nSPS) is 24.8. The van der Waals surface area contributed by atoms with Crippen molar-refractivity contribution in [2.24, 2.45) is 4.99 Å². The second-order valence-corrected chi connectivity index (χ2v) is 11.9. The first kappa shape index (κ1) is 21.5. The van der Waals surface area contributed by atoms with Crippen molar-refractivity contribution in [1.29, 1.82) is 0 Å². The number of carbonyl (C=O) groups is 1. The number of piperazine rings is 1. The molecule has 1 amide bonds. The highest BCUT2D eigenvalue weighted by Crippen LogP contribution is 2.34. The average molecular weight is 471 g/mol. The lowest BCUT2D eigenvalue weighted by Crippen LogP contribution is -2.48. The van der Waals surface area contributed by atoms with E-state index < -0.39 is 9.84 Å². The molecule has 2 saturated heterocycles. The van der Waals surface area contributed by atoms with Gasteiger partial charge in [-0.15, -0.1) is 0 Å². The van der Waals surface area contributed by atoms with Gasteiger partial charge in [-0.25, -0.2) is 8.42 Å². The largest absolute Gasteiger partial charge is 0.336 e. The van der Waals surface area contributed by atoms with E-state index in [9.17, 15) is 13.2 Å². The second-order valence-electron chi connectivity index (χ2n) is 8.49. The first-order valence-electron chi connectivity index (χ1n) is 10.8. The number of hydrogen-bond acceptors (Lipinski definition) is 7. The van der Waals surface area contributed by atoms with Gasteiger partial charge < -0.3 is 10.2 Å². The van der Waals surface area contributed by atoms with Gasteiger partial charge >= 0.3 is 0 Å². The molecule has 0 saturated carbocycles. The minimum absolute atomic E-state index is 0.000466. The van der Waals surface area contributed by atoms with Crippen LogP contribution >= 0.6 is 11.8 Å². The van der Waals surface area contributed by atoms with Crippen LogP contribution in [0.5, 0.6) is 0 Å². The Bertz CT molecular complexity index is 1130. The Morgan fingerprint density at radius 3 is 2.56 bits per heavy atom. The summed E-state index contributed by atoms with van der Waals surface area (Å²) < 4.78 is 23.5. The molecule has 2 atom stereocenters. The number of rotatable bonds is 4. The molecule has 0 aliphatic carbocycles. The van der Waals surface area contributed by atoms with Crippen LogP contribution in [0.15, 0.2) is 59.6 Å². The molecule has 0 aromatic heterocycles. The van der Waals surface area contributed by atoms with Crippen molar-refractivity contribution >= 4 is 38.4 Å². The van der Waals surface area contributed by atoms with Crippen LogP contribution in [0, 0.1) is 0 Å². The van der Waals surface area contributed by atoms with E-state index in [2.05, 4.69) is 39.5 Å². The molecule has 5 rings (SSSR count). The summed E-state index contributed by atoms with van der Waals surface area (Å²) in [5.41, 5.74) is 2.74. The summed E-state index contributed by atoms with van der Waals surface area (Å²) in [6.07, 6.45) is 0. The summed E-state index contributed by atoms with van der Waals surface area (Å²) in [4.78, 5) is 21.9. The van der Waals surface area contributed by atoms with Crippen molar-refractivity contribution < 1.29 is 13.2 Å². The van der Waals surface area contributed by atoms with Gasteiger partial charge in [-0.05, 0) is 23.8 Å². The number of nitrogens with one attached hydrogen (secondary N) is 1. The summed E-state index contributed by atoms with van der Waals surface area (Å²) in [5, 5.41) is 4.00. The highest BCUT2D eigenvalue weighted by atomic mass is 32.2. The van der Waals surface area contributed by atoms with Crippen molar-refractivity contribution in [3.63, 3.8) is 0 Å².